The summed E-state index contributed by atoms with van der Waals surface area (Å²) in [6.45, 7) is 1.31. The lowest BCUT2D eigenvalue weighted by Gasteiger charge is -2.31. The molecular formula is C24H26N6O3. The molecule has 170 valence electrons. The van der Waals surface area contributed by atoms with Crippen LogP contribution in [-0.4, -0.2) is 44.4 Å². The molecule has 5 rings (SSSR count). The molecule has 1 saturated carbocycles. The Bertz CT molecular complexity index is 1190. The highest BCUT2D eigenvalue weighted by atomic mass is 16.7. The van der Waals surface area contributed by atoms with Crippen molar-refractivity contribution in [1.29, 1.82) is 5.26 Å². The van der Waals surface area contributed by atoms with Crippen molar-refractivity contribution in [3.05, 3.63) is 48.0 Å². The third-order valence-electron chi connectivity index (χ3n) is 6.63. The Morgan fingerprint density at radius 1 is 1.24 bits per heavy atom. The number of nitriles is 1. The van der Waals surface area contributed by atoms with Gasteiger partial charge in [-0.2, -0.15) is 10.4 Å². The fourth-order valence-electron chi connectivity index (χ4n) is 4.84. The van der Waals surface area contributed by atoms with E-state index < -0.39 is 0 Å². The third-order valence-corrected chi connectivity index (χ3v) is 6.63. The first-order chi connectivity index (χ1) is 16.1. The summed E-state index contributed by atoms with van der Waals surface area (Å²) >= 11 is 0. The van der Waals surface area contributed by atoms with Crippen LogP contribution >= 0.6 is 0 Å². The molecule has 2 aromatic heterocycles. The van der Waals surface area contributed by atoms with Crippen LogP contribution in [0.2, 0.25) is 0 Å². The van der Waals surface area contributed by atoms with E-state index in [0.29, 0.717) is 36.1 Å². The average molecular weight is 447 g/mol. The van der Waals surface area contributed by atoms with Gasteiger partial charge in [0.25, 0.3) is 0 Å². The molecule has 3 aromatic rings. The first kappa shape index (κ1) is 21.3. The molecule has 1 aliphatic carbocycles. The van der Waals surface area contributed by atoms with Crippen LogP contribution in [0.5, 0.6) is 5.88 Å². The molecule has 1 saturated heterocycles. The Balaban J connectivity index is 1.20. The number of fused-ring (bicyclic) bond motifs is 1. The van der Waals surface area contributed by atoms with Crippen LogP contribution in [0.3, 0.4) is 0 Å². The van der Waals surface area contributed by atoms with Gasteiger partial charge in [0, 0.05) is 30.5 Å². The molecule has 1 aliphatic heterocycles. The quantitative estimate of drug-likeness (QED) is 0.591. The number of rotatable bonds is 5. The molecule has 1 aromatic carbocycles. The fourth-order valence-corrected chi connectivity index (χ4v) is 4.84. The Hall–Kier alpha value is -3.51. The number of carbonyl (C=O) groups is 1. The van der Waals surface area contributed by atoms with Crippen LogP contribution in [0, 0.1) is 23.2 Å². The average Bonchev–Trinajstić information content (AvgIpc) is 3.50. The lowest BCUT2D eigenvalue weighted by atomic mass is 9.81. The number of aromatic nitrogens is 4. The topological polar surface area (TPSA) is 106 Å². The fraction of sp³-hybridized carbons (Fsp3) is 0.458. The molecule has 2 aliphatic rings. The summed E-state index contributed by atoms with van der Waals surface area (Å²) in [6.07, 6.45) is 9.55. The van der Waals surface area contributed by atoms with Crippen molar-refractivity contribution in [1.82, 2.24) is 24.8 Å². The van der Waals surface area contributed by atoms with Gasteiger partial charge in [-0.1, -0.05) is 0 Å². The van der Waals surface area contributed by atoms with E-state index in [2.05, 4.69) is 21.1 Å². The van der Waals surface area contributed by atoms with Gasteiger partial charge in [-0.15, -0.1) is 0 Å². The second kappa shape index (κ2) is 9.16. The maximum atomic E-state index is 13.3. The molecule has 0 N–H and O–H groups in total. The van der Waals surface area contributed by atoms with E-state index in [1.54, 1.807) is 19.5 Å². The van der Waals surface area contributed by atoms with Crippen molar-refractivity contribution in [2.75, 3.05) is 13.7 Å². The Morgan fingerprint density at radius 3 is 2.88 bits per heavy atom. The summed E-state index contributed by atoms with van der Waals surface area (Å²) in [7, 11) is 1.55. The van der Waals surface area contributed by atoms with E-state index in [4.69, 9.17) is 14.8 Å². The highest BCUT2D eigenvalue weighted by Gasteiger charge is 2.38. The second-order valence-corrected chi connectivity index (χ2v) is 8.74. The van der Waals surface area contributed by atoms with Crippen LogP contribution in [0.4, 0.5) is 0 Å². The normalized spacial score (nSPS) is 22.9. The van der Waals surface area contributed by atoms with Crippen molar-refractivity contribution in [2.45, 2.75) is 44.7 Å². The van der Waals surface area contributed by atoms with Gasteiger partial charge in [0.1, 0.15) is 6.04 Å². The van der Waals surface area contributed by atoms with Crippen LogP contribution in [0.25, 0.3) is 10.9 Å². The molecular weight excluding hydrogens is 420 g/mol. The number of methoxy groups -OCH3 is 1. The number of nitrogens with zero attached hydrogens (tertiary/aromatic N) is 6. The first-order valence-electron chi connectivity index (χ1n) is 11.3. The lowest BCUT2D eigenvalue weighted by Crippen LogP contribution is -2.37. The molecule has 0 bridgehead atoms. The highest BCUT2D eigenvalue weighted by Crippen LogP contribution is 2.36. The molecule has 2 fully saturated rings. The van der Waals surface area contributed by atoms with Gasteiger partial charge in [-0.3, -0.25) is 19.3 Å². The third kappa shape index (κ3) is 4.39. The molecule has 0 spiro atoms. The summed E-state index contributed by atoms with van der Waals surface area (Å²) in [5.74, 6) is 0.894. The van der Waals surface area contributed by atoms with Crippen molar-refractivity contribution in [3.63, 3.8) is 0 Å². The Morgan fingerprint density at radius 2 is 2.09 bits per heavy atom. The molecule has 3 heterocycles. The maximum absolute atomic E-state index is 13.3. The van der Waals surface area contributed by atoms with Gasteiger partial charge in [0.05, 0.1) is 49.0 Å². The van der Waals surface area contributed by atoms with E-state index in [1.165, 1.54) is 5.06 Å². The van der Waals surface area contributed by atoms with Gasteiger partial charge < -0.3 is 4.74 Å². The zero-order valence-electron chi connectivity index (χ0n) is 18.6. The Kier molecular flexibility index (Phi) is 5.92. The number of hydroxylamine groups is 2. The van der Waals surface area contributed by atoms with Crippen molar-refractivity contribution >= 4 is 16.8 Å². The maximum Gasteiger partial charge on any atom is 0.249 e. The smallest absolute Gasteiger partial charge is 0.249 e. The molecule has 1 amide bonds. The van der Waals surface area contributed by atoms with Gasteiger partial charge in [-0.05, 0) is 49.8 Å². The minimum absolute atomic E-state index is 0.0365. The van der Waals surface area contributed by atoms with E-state index in [0.717, 1.165) is 43.1 Å². The number of benzene rings is 1. The molecule has 9 nitrogen and oxygen atoms in total. The summed E-state index contributed by atoms with van der Waals surface area (Å²) in [6, 6.07) is 7.50. The number of hydrogen-bond donors (Lipinski definition) is 0. The van der Waals surface area contributed by atoms with Gasteiger partial charge in [0.15, 0.2) is 0 Å². The largest absolute Gasteiger partial charge is 0.480 e. The van der Waals surface area contributed by atoms with Gasteiger partial charge in [0.2, 0.25) is 11.8 Å². The lowest BCUT2D eigenvalue weighted by molar-refractivity contribution is -0.183. The minimum Gasteiger partial charge on any atom is -0.480 e. The van der Waals surface area contributed by atoms with Gasteiger partial charge >= 0.3 is 0 Å². The number of ether oxygens (including phenoxy) is 1. The molecule has 0 unspecified atom stereocenters. The summed E-state index contributed by atoms with van der Waals surface area (Å²) in [4.78, 5) is 27.6. The standard InChI is InChI=1S/C24H26N6O3/c1-32-23-13-26-12-21(27-23)22-8-9-33-30(22)24(31)18-5-2-16(3-6-18)14-29-15-19-7-4-17(11-25)10-20(19)28-29/h4,7,10,12-13,15-16,18,22H,2-3,5-6,8-9,14H2,1H3/t16-,18-,22-/m0/s1. The van der Waals surface area contributed by atoms with Crippen LogP contribution in [0.15, 0.2) is 36.8 Å². The number of carbonyl (C=O) groups excluding carboxylic acids is 1. The van der Waals surface area contributed by atoms with E-state index in [1.807, 2.05) is 29.1 Å². The van der Waals surface area contributed by atoms with E-state index in [9.17, 15) is 4.79 Å². The SMILES string of the molecule is COc1cncc([C@@H]2CCON2C(=O)[C@H]2CC[C@H](Cn3cc4ccc(C#N)cc4n3)CC2)n1. The highest BCUT2D eigenvalue weighted by molar-refractivity contribution is 5.79. The van der Waals surface area contributed by atoms with E-state index in [-0.39, 0.29) is 17.9 Å². The molecule has 0 radical (unpaired) electrons. The van der Waals surface area contributed by atoms with Crippen LogP contribution in [0.1, 0.15) is 49.4 Å². The summed E-state index contributed by atoms with van der Waals surface area (Å²) in [5.41, 5.74) is 2.16. The molecule has 9 heteroatoms. The Labute approximate surface area is 191 Å². The zero-order valence-corrected chi connectivity index (χ0v) is 18.6. The van der Waals surface area contributed by atoms with Crippen molar-refractivity contribution < 1.29 is 14.4 Å². The molecule has 33 heavy (non-hydrogen) atoms. The predicted molar refractivity (Wildman–Crippen MR) is 119 cm³/mol. The predicted octanol–water partition coefficient (Wildman–Crippen LogP) is 3.42. The zero-order chi connectivity index (χ0) is 22.8. The monoisotopic (exact) mass is 446 g/mol. The number of hydrogen-bond acceptors (Lipinski definition) is 7. The van der Waals surface area contributed by atoms with Crippen molar-refractivity contribution in [3.8, 4) is 11.9 Å². The van der Waals surface area contributed by atoms with Crippen molar-refractivity contribution in [2.24, 2.45) is 11.8 Å². The molecule has 1 atom stereocenters. The van der Waals surface area contributed by atoms with Gasteiger partial charge in [-0.25, -0.2) is 10.0 Å². The minimum atomic E-state index is -0.229. The second-order valence-electron chi connectivity index (χ2n) is 8.74. The van der Waals surface area contributed by atoms with E-state index >= 15 is 0 Å². The van der Waals surface area contributed by atoms with Crippen LogP contribution < -0.4 is 4.74 Å². The summed E-state index contributed by atoms with van der Waals surface area (Å²) < 4.78 is 7.15. The number of amides is 1. The summed E-state index contributed by atoms with van der Waals surface area (Å²) in [5, 5.41) is 16.3. The van der Waals surface area contributed by atoms with Crippen LogP contribution in [-0.2, 0) is 16.2 Å². The first-order valence-corrected chi connectivity index (χ1v) is 11.3.